The highest BCUT2D eigenvalue weighted by atomic mass is 19.1. The van der Waals surface area contributed by atoms with Crippen LogP contribution in [-0.4, -0.2) is 37.1 Å². The van der Waals surface area contributed by atoms with E-state index in [2.05, 4.69) is 15.6 Å². The molecule has 0 aliphatic carbocycles. The molecule has 21 heavy (non-hydrogen) atoms. The molecule has 0 aliphatic heterocycles. The number of hydrogen-bond donors (Lipinski definition) is 2. The average Bonchev–Trinajstić information content (AvgIpc) is 2.36. The minimum absolute atomic E-state index is 0.00120. The second kappa shape index (κ2) is 7.75. The van der Waals surface area contributed by atoms with E-state index >= 15 is 0 Å². The van der Waals surface area contributed by atoms with Gasteiger partial charge in [0.25, 0.3) is 0 Å². The van der Waals surface area contributed by atoms with Crippen LogP contribution >= 0.6 is 0 Å². The van der Waals surface area contributed by atoms with Crippen LogP contribution in [0.3, 0.4) is 0 Å². The lowest BCUT2D eigenvalue weighted by Crippen LogP contribution is -2.39. The van der Waals surface area contributed by atoms with Crippen LogP contribution in [0, 0.1) is 11.6 Å². The van der Waals surface area contributed by atoms with E-state index in [4.69, 9.17) is 0 Å². The fraction of sp³-hybridized carbons (Fsp3) is 0.571. The maximum atomic E-state index is 13.8. The van der Waals surface area contributed by atoms with Crippen LogP contribution in [0.5, 0.6) is 0 Å². The van der Waals surface area contributed by atoms with Gasteiger partial charge in [0.1, 0.15) is 0 Å². The molecule has 0 saturated carbocycles. The molecule has 1 aromatic heterocycles. The van der Waals surface area contributed by atoms with Gasteiger partial charge in [-0.3, -0.25) is 4.79 Å². The molecule has 5 nitrogen and oxygen atoms in total. The Morgan fingerprint density at radius 3 is 2.62 bits per heavy atom. The molecular formula is C14H22F2N4O. The summed E-state index contributed by atoms with van der Waals surface area (Å²) in [6, 6.07) is 0.774. The number of anilines is 2. The smallest absolute Gasteiger partial charge is 0.239 e. The lowest BCUT2D eigenvalue weighted by molar-refractivity contribution is -0.120. The molecule has 0 spiro atoms. The van der Waals surface area contributed by atoms with E-state index in [1.165, 1.54) is 11.9 Å². The lowest BCUT2D eigenvalue weighted by atomic mass is 10.3. The molecule has 7 heteroatoms. The summed E-state index contributed by atoms with van der Waals surface area (Å²) in [5, 5.41) is 5.49. The van der Waals surface area contributed by atoms with E-state index in [9.17, 15) is 13.6 Å². The molecule has 0 aromatic carbocycles. The van der Waals surface area contributed by atoms with Crippen molar-refractivity contribution in [2.75, 3.05) is 30.4 Å². The molecule has 0 atom stereocenters. The van der Waals surface area contributed by atoms with Gasteiger partial charge < -0.3 is 15.5 Å². The second-order valence-electron chi connectivity index (χ2n) is 5.13. The zero-order chi connectivity index (χ0) is 16.0. The number of amides is 1. The number of aromatic nitrogens is 1. The fourth-order valence-corrected chi connectivity index (χ4v) is 1.75. The number of halogens is 2. The van der Waals surface area contributed by atoms with Crippen molar-refractivity contribution in [1.82, 2.24) is 10.3 Å². The van der Waals surface area contributed by atoms with Crippen LogP contribution in [0.1, 0.15) is 27.2 Å². The summed E-state index contributed by atoms with van der Waals surface area (Å²) in [6.45, 7) is 6.08. The highest BCUT2D eigenvalue weighted by Crippen LogP contribution is 2.21. The minimum atomic E-state index is -0.797. The summed E-state index contributed by atoms with van der Waals surface area (Å²) in [4.78, 5) is 17.0. The Hall–Kier alpha value is -1.92. The lowest BCUT2D eigenvalue weighted by Gasteiger charge is -2.20. The van der Waals surface area contributed by atoms with Gasteiger partial charge in [-0.2, -0.15) is 0 Å². The Labute approximate surface area is 123 Å². The largest absolute Gasteiger partial charge is 0.368 e. The van der Waals surface area contributed by atoms with Crippen molar-refractivity contribution in [3.05, 3.63) is 17.7 Å². The topological polar surface area (TPSA) is 57.3 Å². The molecule has 118 valence electrons. The molecule has 0 radical (unpaired) electrons. The van der Waals surface area contributed by atoms with Gasteiger partial charge >= 0.3 is 0 Å². The van der Waals surface area contributed by atoms with Gasteiger partial charge in [-0.05, 0) is 20.3 Å². The van der Waals surface area contributed by atoms with Crippen molar-refractivity contribution in [1.29, 1.82) is 0 Å². The molecule has 1 rings (SSSR count). The van der Waals surface area contributed by atoms with Gasteiger partial charge in [-0.1, -0.05) is 6.92 Å². The number of rotatable bonds is 7. The monoisotopic (exact) mass is 300 g/mol. The van der Waals surface area contributed by atoms with Gasteiger partial charge in [0.05, 0.1) is 6.54 Å². The summed E-state index contributed by atoms with van der Waals surface area (Å²) in [6.07, 6.45) is 0.792. The Bertz CT molecular complexity index is 494. The number of carbonyl (C=O) groups excluding carboxylic acids is 1. The van der Waals surface area contributed by atoms with Crippen molar-refractivity contribution >= 4 is 17.5 Å². The van der Waals surface area contributed by atoms with E-state index in [1.807, 2.05) is 20.8 Å². The van der Waals surface area contributed by atoms with Gasteiger partial charge in [0.2, 0.25) is 5.91 Å². The highest BCUT2D eigenvalue weighted by Gasteiger charge is 2.17. The van der Waals surface area contributed by atoms with Crippen LogP contribution in [-0.2, 0) is 4.79 Å². The first-order valence-corrected chi connectivity index (χ1v) is 6.95. The first-order chi connectivity index (χ1) is 9.85. The number of likely N-dealkylation sites (N-methyl/N-ethyl adjacent to an activating group) is 1. The molecule has 1 heterocycles. The molecule has 0 saturated heterocycles. The summed E-state index contributed by atoms with van der Waals surface area (Å²) in [5.41, 5.74) is 0. The summed E-state index contributed by atoms with van der Waals surface area (Å²) >= 11 is 0. The fourth-order valence-electron chi connectivity index (χ4n) is 1.75. The van der Waals surface area contributed by atoms with Crippen LogP contribution in [0.15, 0.2) is 6.07 Å². The van der Waals surface area contributed by atoms with Gasteiger partial charge in [0.15, 0.2) is 23.3 Å². The van der Waals surface area contributed by atoms with E-state index in [0.717, 1.165) is 12.5 Å². The number of pyridine rings is 1. The maximum Gasteiger partial charge on any atom is 0.239 e. The second-order valence-corrected chi connectivity index (χ2v) is 5.13. The quantitative estimate of drug-likeness (QED) is 0.810. The average molecular weight is 300 g/mol. The van der Waals surface area contributed by atoms with Crippen molar-refractivity contribution in [3.8, 4) is 0 Å². The Morgan fingerprint density at radius 2 is 2.05 bits per heavy atom. The van der Waals surface area contributed by atoms with Crippen molar-refractivity contribution in [3.63, 3.8) is 0 Å². The van der Waals surface area contributed by atoms with E-state index in [1.54, 1.807) is 0 Å². The maximum absolute atomic E-state index is 13.8. The molecule has 1 amide bonds. The van der Waals surface area contributed by atoms with Crippen LogP contribution < -0.4 is 15.5 Å². The first-order valence-electron chi connectivity index (χ1n) is 6.95. The summed E-state index contributed by atoms with van der Waals surface area (Å²) in [5.74, 6) is -1.86. The first kappa shape index (κ1) is 17.1. The summed E-state index contributed by atoms with van der Waals surface area (Å²) < 4.78 is 27.4. The highest BCUT2D eigenvalue weighted by molar-refractivity contribution is 5.81. The zero-order valence-electron chi connectivity index (χ0n) is 12.8. The van der Waals surface area contributed by atoms with Crippen LogP contribution in [0.4, 0.5) is 20.4 Å². The van der Waals surface area contributed by atoms with E-state index in [0.29, 0.717) is 6.54 Å². The third kappa shape index (κ3) is 5.17. The van der Waals surface area contributed by atoms with Crippen molar-refractivity contribution < 1.29 is 13.6 Å². The number of nitrogens with zero attached hydrogens (tertiary/aromatic N) is 2. The predicted octanol–water partition coefficient (Wildman–Crippen LogP) is 2.14. The number of hydrogen-bond acceptors (Lipinski definition) is 4. The van der Waals surface area contributed by atoms with Crippen LogP contribution in [0.2, 0.25) is 0 Å². The Balaban J connectivity index is 2.87. The van der Waals surface area contributed by atoms with Gasteiger partial charge in [-0.15, -0.1) is 0 Å². The Morgan fingerprint density at radius 1 is 1.38 bits per heavy atom. The molecular weight excluding hydrogens is 278 g/mol. The van der Waals surface area contributed by atoms with Gasteiger partial charge in [-0.25, -0.2) is 13.8 Å². The number of nitrogens with one attached hydrogen (secondary N) is 2. The predicted molar refractivity (Wildman–Crippen MR) is 79.5 cm³/mol. The SMILES string of the molecule is CCCNc1nc(N(C)CC(=O)NC(C)C)c(F)cc1F. The molecule has 0 bridgehead atoms. The van der Waals surface area contributed by atoms with E-state index < -0.39 is 11.6 Å². The normalized spacial score (nSPS) is 10.6. The number of carbonyl (C=O) groups is 1. The molecule has 0 unspecified atom stereocenters. The zero-order valence-corrected chi connectivity index (χ0v) is 12.8. The summed E-state index contributed by atoms with van der Waals surface area (Å²) in [7, 11) is 1.53. The Kier molecular flexibility index (Phi) is 6.33. The van der Waals surface area contributed by atoms with Crippen LogP contribution in [0.25, 0.3) is 0 Å². The van der Waals surface area contributed by atoms with Crippen molar-refractivity contribution in [2.45, 2.75) is 33.2 Å². The third-order valence-electron chi connectivity index (χ3n) is 2.65. The molecule has 0 aliphatic rings. The molecule has 0 fully saturated rings. The van der Waals surface area contributed by atoms with E-state index in [-0.39, 0.29) is 30.1 Å². The minimum Gasteiger partial charge on any atom is -0.368 e. The van der Waals surface area contributed by atoms with Gasteiger partial charge in [0, 0.05) is 25.7 Å². The molecule has 2 N–H and O–H groups in total. The third-order valence-corrected chi connectivity index (χ3v) is 2.65. The van der Waals surface area contributed by atoms with Crippen molar-refractivity contribution in [2.24, 2.45) is 0 Å². The molecule has 1 aromatic rings. The standard InChI is InChI=1S/C14H22F2N4O/c1-5-6-17-13-10(15)7-11(16)14(19-13)20(4)8-12(21)18-9(2)3/h7,9H,5-6,8H2,1-4H3,(H,17,19)(H,18,21).